The van der Waals surface area contributed by atoms with Crippen molar-refractivity contribution in [3.63, 3.8) is 0 Å². The van der Waals surface area contributed by atoms with Crippen molar-refractivity contribution in [1.82, 2.24) is 0 Å². The molecule has 0 aromatic carbocycles. The van der Waals surface area contributed by atoms with Gasteiger partial charge in [-0.2, -0.15) is 0 Å². The second kappa shape index (κ2) is 2.11. The first-order valence-corrected chi connectivity index (χ1v) is 2.41. The van der Waals surface area contributed by atoms with Crippen molar-refractivity contribution in [2.75, 3.05) is 13.2 Å². The smallest absolute Gasteiger partial charge is 0.107 e. The molecule has 0 aliphatic carbocycles. The largest absolute Gasteiger partial charge is 0.232 e. The van der Waals surface area contributed by atoms with Crippen LogP contribution in [0.1, 0.15) is 0 Å². The second-order valence-corrected chi connectivity index (χ2v) is 1.73. The molecule has 2 heteroatoms. The van der Waals surface area contributed by atoms with Crippen LogP contribution in [0.2, 0.25) is 0 Å². The summed E-state index contributed by atoms with van der Waals surface area (Å²) in [6, 6.07) is 0. The summed E-state index contributed by atoms with van der Waals surface area (Å²) in [5.41, 5.74) is 1.85. The normalized spacial score (nSPS) is 21.5. The highest BCUT2D eigenvalue weighted by Gasteiger charge is 2.06. The summed E-state index contributed by atoms with van der Waals surface area (Å²) in [5.74, 6) is 0. The maximum absolute atomic E-state index is 4.59. The van der Waals surface area contributed by atoms with E-state index in [-0.39, 0.29) is 0 Å². The van der Waals surface area contributed by atoms with Crippen molar-refractivity contribution in [3.8, 4) is 0 Å². The zero-order chi connectivity index (χ0) is 5.98. The number of rotatable bonds is 0. The summed E-state index contributed by atoms with van der Waals surface area (Å²) in [6.45, 7) is 8.30. The highest BCUT2D eigenvalue weighted by molar-refractivity contribution is 5.26. The van der Waals surface area contributed by atoms with E-state index in [0.717, 1.165) is 11.1 Å². The van der Waals surface area contributed by atoms with Crippen LogP contribution < -0.4 is 0 Å². The van der Waals surface area contributed by atoms with E-state index in [9.17, 15) is 0 Å². The van der Waals surface area contributed by atoms with E-state index in [1.807, 2.05) is 0 Å². The Kier molecular flexibility index (Phi) is 1.46. The fourth-order valence-electron chi connectivity index (χ4n) is 0.430. The second-order valence-electron chi connectivity index (χ2n) is 1.73. The molecule has 1 fully saturated rings. The number of hydrogen-bond acceptors (Lipinski definition) is 2. The molecule has 1 aliphatic rings. The topological polar surface area (TPSA) is 18.5 Å². The Morgan fingerprint density at radius 2 is 1.38 bits per heavy atom. The predicted octanol–water partition coefficient (Wildman–Crippen LogP) is 1.06. The van der Waals surface area contributed by atoms with Crippen molar-refractivity contribution in [2.45, 2.75) is 0 Å². The van der Waals surface area contributed by atoms with Crippen LogP contribution in [0.5, 0.6) is 0 Å². The first kappa shape index (κ1) is 5.54. The van der Waals surface area contributed by atoms with E-state index in [2.05, 4.69) is 22.9 Å². The first-order valence-electron chi connectivity index (χ1n) is 2.41. The Morgan fingerprint density at radius 1 is 1.00 bits per heavy atom. The van der Waals surface area contributed by atoms with Crippen molar-refractivity contribution in [1.29, 1.82) is 0 Å². The third-order valence-corrected chi connectivity index (χ3v) is 1.05. The minimum atomic E-state index is 0.457. The van der Waals surface area contributed by atoms with Gasteiger partial charge < -0.3 is 0 Å². The molecule has 8 heavy (non-hydrogen) atoms. The van der Waals surface area contributed by atoms with Gasteiger partial charge in [0, 0.05) is 0 Å². The highest BCUT2D eigenvalue weighted by Crippen LogP contribution is 2.11. The van der Waals surface area contributed by atoms with Gasteiger partial charge in [0.1, 0.15) is 13.2 Å². The molecular weight excluding hydrogens is 104 g/mol. The van der Waals surface area contributed by atoms with E-state index >= 15 is 0 Å². The third kappa shape index (κ3) is 0.967. The van der Waals surface area contributed by atoms with Gasteiger partial charge in [-0.3, -0.25) is 0 Å². The van der Waals surface area contributed by atoms with Gasteiger partial charge in [0.25, 0.3) is 0 Å². The Labute approximate surface area is 48.3 Å². The molecule has 1 rings (SSSR count). The van der Waals surface area contributed by atoms with Crippen molar-refractivity contribution >= 4 is 0 Å². The first-order chi connectivity index (χ1) is 3.80. The molecule has 0 bridgehead atoms. The molecule has 0 aromatic heterocycles. The molecular formula is C6H8O2. The van der Waals surface area contributed by atoms with Gasteiger partial charge in [0.2, 0.25) is 0 Å². The molecule has 0 atom stereocenters. The lowest BCUT2D eigenvalue weighted by Gasteiger charge is -2.14. The molecule has 0 amide bonds. The Bertz CT molecular complexity index is 110. The van der Waals surface area contributed by atoms with Gasteiger partial charge in [-0.25, -0.2) is 9.78 Å². The van der Waals surface area contributed by atoms with Crippen LogP contribution in [0.3, 0.4) is 0 Å². The lowest BCUT2D eigenvalue weighted by Crippen LogP contribution is -2.11. The number of hydrogen-bond donors (Lipinski definition) is 0. The van der Waals surface area contributed by atoms with Gasteiger partial charge in [0.15, 0.2) is 0 Å². The molecule has 0 spiro atoms. The van der Waals surface area contributed by atoms with Gasteiger partial charge in [-0.15, -0.1) is 0 Å². The highest BCUT2D eigenvalue weighted by atomic mass is 17.2. The zero-order valence-electron chi connectivity index (χ0n) is 4.64. The van der Waals surface area contributed by atoms with Gasteiger partial charge in [-0.05, 0) is 11.1 Å². The molecule has 1 heterocycles. The van der Waals surface area contributed by atoms with Crippen LogP contribution in [0.4, 0.5) is 0 Å². The lowest BCUT2D eigenvalue weighted by atomic mass is 10.1. The average Bonchev–Trinajstić information content (AvgIpc) is 1.77. The molecule has 2 nitrogen and oxygen atoms in total. The zero-order valence-corrected chi connectivity index (χ0v) is 4.64. The van der Waals surface area contributed by atoms with E-state index in [4.69, 9.17) is 0 Å². The van der Waals surface area contributed by atoms with Crippen molar-refractivity contribution in [2.24, 2.45) is 0 Å². The Morgan fingerprint density at radius 3 is 1.62 bits per heavy atom. The standard InChI is InChI=1S/C6H8O2/c1-5-3-7-8-4-6(5)2/h1-4H2. The van der Waals surface area contributed by atoms with Crippen LogP contribution in [-0.4, -0.2) is 13.2 Å². The fraction of sp³-hybridized carbons (Fsp3) is 0.333. The molecule has 0 aromatic rings. The molecule has 0 saturated carbocycles. The molecule has 1 aliphatic heterocycles. The summed E-state index contributed by atoms with van der Waals surface area (Å²) >= 11 is 0. The summed E-state index contributed by atoms with van der Waals surface area (Å²) in [4.78, 5) is 9.18. The molecule has 1 saturated heterocycles. The minimum Gasteiger partial charge on any atom is -0.232 e. The minimum absolute atomic E-state index is 0.457. The Hall–Kier alpha value is -0.600. The molecule has 0 radical (unpaired) electrons. The quantitative estimate of drug-likeness (QED) is 0.436. The van der Waals surface area contributed by atoms with Crippen LogP contribution in [0, 0.1) is 0 Å². The summed E-state index contributed by atoms with van der Waals surface area (Å²) in [5, 5.41) is 0. The molecule has 0 unspecified atom stereocenters. The van der Waals surface area contributed by atoms with Gasteiger partial charge in [0.05, 0.1) is 0 Å². The molecule has 44 valence electrons. The monoisotopic (exact) mass is 112 g/mol. The van der Waals surface area contributed by atoms with Crippen LogP contribution in [-0.2, 0) is 9.78 Å². The van der Waals surface area contributed by atoms with Crippen molar-refractivity contribution in [3.05, 3.63) is 24.3 Å². The fourth-order valence-corrected chi connectivity index (χ4v) is 0.430. The van der Waals surface area contributed by atoms with E-state index < -0.39 is 0 Å². The lowest BCUT2D eigenvalue weighted by molar-refractivity contribution is -0.289. The summed E-state index contributed by atoms with van der Waals surface area (Å²) < 4.78 is 0. The van der Waals surface area contributed by atoms with E-state index in [1.165, 1.54) is 0 Å². The predicted molar refractivity (Wildman–Crippen MR) is 30.2 cm³/mol. The molecule has 0 N–H and O–H groups in total. The summed E-state index contributed by atoms with van der Waals surface area (Å²) in [6.07, 6.45) is 0. The van der Waals surface area contributed by atoms with E-state index in [0.29, 0.717) is 13.2 Å². The van der Waals surface area contributed by atoms with Crippen molar-refractivity contribution < 1.29 is 9.78 Å². The summed E-state index contributed by atoms with van der Waals surface area (Å²) in [7, 11) is 0. The third-order valence-electron chi connectivity index (χ3n) is 1.05. The van der Waals surface area contributed by atoms with Crippen LogP contribution in [0.25, 0.3) is 0 Å². The Balaban J connectivity index is 2.52. The van der Waals surface area contributed by atoms with Crippen LogP contribution >= 0.6 is 0 Å². The van der Waals surface area contributed by atoms with Crippen LogP contribution in [0.15, 0.2) is 24.3 Å². The average molecular weight is 112 g/mol. The van der Waals surface area contributed by atoms with E-state index in [1.54, 1.807) is 0 Å². The van der Waals surface area contributed by atoms with Gasteiger partial charge in [-0.1, -0.05) is 13.2 Å². The SMILES string of the molecule is C=C1COOCC1=C. The van der Waals surface area contributed by atoms with Gasteiger partial charge >= 0.3 is 0 Å². The maximum atomic E-state index is 4.59. The maximum Gasteiger partial charge on any atom is 0.107 e.